The average molecular weight is 388 g/mol. The fourth-order valence-corrected chi connectivity index (χ4v) is 4.78. The van der Waals surface area contributed by atoms with Crippen molar-refractivity contribution in [2.45, 2.75) is 37.0 Å². The summed E-state index contributed by atoms with van der Waals surface area (Å²) < 4.78 is 26.8. The molecule has 2 aromatic carbocycles. The molecule has 0 bridgehead atoms. The molecule has 1 heterocycles. The molecule has 0 aromatic heterocycles. The Morgan fingerprint density at radius 3 is 2.48 bits per heavy atom. The minimum atomic E-state index is -3.61. The molecule has 1 fully saturated rings. The van der Waals surface area contributed by atoms with Gasteiger partial charge in [0, 0.05) is 19.5 Å². The first-order chi connectivity index (χ1) is 12.9. The second kappa shape index (κ2) is 8.10. The van der Waals surface area contributed by atoms with Crippen molar-refractivity contribution in [2.75, 3.05) is 18.4 Å². The molecule has 1 unspecified atom stereocenters. The van der Waals surface area contributed by atoms with Crippen LogP contribution in [0, 0.1) is 0 Å². The zero-order valence-electron chi connectivity index (χ0n) is 15.3. The van der Waals surface area contributed by atoms with Crippen molar-refractivity contribution in [1.82, 2.24) is 4.31 Å². The van der Waals surface area contributed by atoms with E-state index in [0.29, 0.717) is 13.1 Å². The number of hydrogen-bond acceptors (Lipinski definition) is 4. The van der Waals surface area contributed by atoms with Gasteiger partial charge in [-0.05, 0) is 42.5 Å². The topological polar surface area (TPSA) is 86.7 Å². The lowest BCUT2D eigenvalue weighted by Crippen LogP contribution is -2.28. The fraction of sp³-hybridized carbons (Fsp3) is 0.350. The lowest BCUT2D eigenvalue weighted by molar-refractivity contribution is -0.116. The highest BCUT2D eigenvalue weighted by atomic mass is 32.2. The van der Waals surface area contributed by atoms with Crippen molar-refractivity contribution in [3.8, 4) is 5.75 Å². The summed E-state index contributed by atoms with van der Waals surface area (Å²) in [5.41, 5.74) is 1.16. The number of carbonyl (C=O) groups excluding carboxylic acids is 1. The van der Waals surface area contributed by atoms with Crippen LogP contribution in [0.4, 0.5) is 5.69 Å². The van der Waals surface area contributed by atoms with Crippen LogP contribution in [0.5, 0.6) is 5.75 Å². The SMILES string of the molecule is CC(CC(=O)Nc1cc(S(=O)(=O)N2CCCC2)ccc1O)c1ccccc1. The maximum Gasteiger partial charge on any atom is 0.243 e. The van der Waals surface area contributed by atoms with Crippen molar-refractivity contribution in [1.29, 1.82) is 0 Å². The highest BCUT2D eigenvalue weighted by molar-refractivity contribution is 7.89. The molecule has 3 rings (SSSR count). The molecule has 0 saturated carbocycles. The summed E-state index contributed by atoms with van der Waals surface area (Å²) >= 11 is 0. The Hall–Kier alpha value is -2.38. The van der Waals surface area contributed by atoms with Gasteiger partial charge in [-0.3, -0.25) is 4.79 Å². The summed E-state index contributed by atoms with van der Waals surface area (Å²) in [6.45, 7) is 2.95. The molecule has 2 N–H and O–H groups in total. The largest absolute Gasteiger partial charge is 0.506 e. The molecule has 144 valence electrons. The van der Waals surface area contributed by atoms with Crippen molar-refractivity contribution in [2.24, 2.45) is 0 Å². The maximum atomic E-state index is 12.7. The monoisotopic (exact) mass is 388 g/mol. The second-order valence-electron chi connectivity index (χ2n) is 6.85. The van der Waals surface area contributed by atoms with Gasteiger partial charge in [-0.15, -0.1) is 0 Å². The molecule has 1 saturated heterocycles. The molecule has 7 heteroatoms. The number of amides is 1. The zero-order valence-corrected chi connectivity index (χ0v) is 16.1. The summed E-state index contributed by atoms with van der Waals surface area (Å²) in [4.78, 5) is 12.5. The van der Waals surface area contributed by atoms with E-state index in [9.17, 15) is 18.3 Å². The van der Waals surface area contributed by atoms with Crippen LogP contribution in [-0.2, 0) is 14.8 Å². The Morgan fingerprint density at radius 1 is 1.15 bits per heavy atom. The third-order valence-corrected chi connectivity index (χ3v) is 6.70. The van der Waals surface area contributed by atoms with E-state index in [1.165, 1.54) is 22.5 Å². The summed E-state index contributed by atoms with van der Waals surface area (Å²) in [5.74, 6) is -0.432. The molecule has 0 aliphatic carbocycles. The highest BCUT2D eigenvalue weighted by Crippen LogP contribution is 2.30. The molecule has 1 aliphatic heterocycles. The molecule has 6 nitrogen and oxygen atoms in total. The van der Waals surface area contributed by atoms with Gasteiger partial charge in [-0.25, -0.2) is 8.42 Å². The number of sulfonamides is 1. The Bertz CT molecular complexity index is 907. The molecule has 1 atom stereocenters. The van der Waals surface area contributed by atoms with Gasteiger partial charge in [0.1, 0.15) is 5.75 Å². The van der Waals surface area contributed by atoms with E-state index in [2.05, 4.69) is 5.32 Å². The molecule has 27 heavy (non-hydrogen) atoms. The Balaban J connectivity index is 1.74. The molecular formula is C20H24N2O4S. The second-order valence-corrected chi connectivity index (χ2v) is 8.79. The summed E-state index contributed by atoms with van der Waals surface area (Å²) in [6, 6.07) is 13.7. The number of hydrogen-bond donors (Lipinski definition) is 2. The van der Waals surface area contributed by atoms with Crippen LogP contribution < -0.4 is 5.32 Å². The van der Waals surface area contributed by atoms with Gasteiger partial charge in [0.05, 0.1) is 10.6 Å². The quantitative estimate of drug-likeness (QED) is 0.744. The zero-order chi connectivity index (χ0) is 19.4. The first kappa shape index (κ1) is 19.4. The van der Waals surface area contributed by atoms with E-state index in [1.54, 1.807) is 0 Å². The van der Waals surface area contributed by atoms with E-state index in [1.807, 2.05) is 37.3 Å². The summed E-state index contributed by atoms with van der Waals surface area (Å²) in [7, 11) is -3.61. The first-order valence-electron chi connectivity index (χ1n) is 9.06. The van der Waals surface area contributed by atoms with Gasteiger partial charge in [0.2, 0.25) is 15.9 Å². The van der Waals surface area contributed by atoms with Crippen LogP contribution in [0.1, 0.15) is 37.7 Å². The third-order valence-electron chi connectivity index (χ3n) is 4.81. The normalized spacial score (nSPS) is 16.2. The van der Waals surface area contributed by atoms with Gasteiger partial charge in [-0.2, -0.15) is 4.31 Å². The summed E-state index contributed by atoms with van der Waals surface area (Å²) in [5, 5.41) is 12.7. The summed E-state index contributed by atoms with van der Waals surface area (Å²) in [6.07, 6.45) is 1.92. The van der Waals surface area contributed by atoms with E-state index in [-0.39, 0.29) is 34.6 Å². The lowest BCUT2D eigenvalue weighted by atomic mass is 9.97. The van der Waals surface area contributed by atoms with Gasteiger partial charge < -0.3 is 10.4 Å². The maximum absolute atomic E-state index is 12.7. The van der Waals surface area contributed by atoms with Crippen molar-refractivity contribution < 1.29 is 18.3 Å². The van der Waals surface area contributed by atoms with Crippen LogP contribution in [0.3, 0.4) is 0 Å². The Labute approximate surface area is 159 Å². The standard InChI is InChI=1S/C20H24N2O4S/c1-15(16-7-3-2-4-8-16)13-20(24)21-18-14-17(9-10-19(18)23)27(25,26)22-11-5-6-12-22/h2-4,7-10,14-15,23H,5-6,11-13H2,1H3,(H,21,24). The molecule has 0 radical (unpaired) electrons. The van der Waals surface area contributed by atoms with Crippen LogP contribution in [0.2, 0.25) is 0 Å². The van der Waals surface area contributed by atoms with Crippen LogP contribution >= 0.6 is 0 Å². The number of aromatic hydroxyl groups is 1. The van der Waals surface area contributed by atoms with E-state index in [4.69, 9.17) is 0 Å². The third kappa shape index (κ3) is 4.48. The first-order valence-corrected chi connectivity index (χ1v) is 10.5. The van der Waals surface area contributed by atoms with Gasteiger partial charge in [0.25, 0.3) is 0 Å². The fourth-order valence-electron chi connectivity index (χ4n) is 3.23. The number of nitrogens with zero attached hydrogens (tertiary/aromatic N) is 1. The van der Waals surface area contributed by atoms with E-state index >= 15 is 0 Å². The number of rotatable bonds is 6. The van der Waals surface area contributed by atoms with Crippen molar-refractivity contribution in [3.05, 3.63) is 54.1 Å². The average Bonchev–Trinajstić information content (AvgIpc) is 3.19. The smallest absolute Gasteiger partial charge is 0.243 e. The van der Waals surface area contributed by atoms with E-state index in [0.717, 1.165) is 18.4 Å². The highest BCUT2D eigenvalue weighted by Gasteiger charge is 2.28. The number of nitrogens with one attached hydrogen (secondary N) is 1. The predicted octanol–water partition coefficient (Wildman–Crippen LogP) is 3.31. The van der Waals surface area contributed by atoms with Gasteiger partial charge in [-0.1, -0.05) is 37.3 Å². The molecule has 1 amide bonds. The Kier molecular flexibility index (Phi) is 5.82. The van der Waals surface area contributed by atoms with Crippen LogP contribution in [0.15, 0.2) is 53.4 Å². The van der Waals surface area contributed by atoms with E-state index < -0.39 is 10.0 Å². The van der Waals surface area contributed by atoms with Gasteiger partial charge in [0.15, 0.2) is 0 Å². The number of carbonyl (C=O) groups is 1. The van der Waals surface area contributed by atoms with Crippen LogP contribution in [-0.4, -0.2) is 36.8 Å². The predicted molar refractivity (Wildman–Crippen MR) is 104 cm³/mol. The molecule has 1 aliphatic rings. The number of phenols is 1. The molecule has 2 aromatic rings. The number of benzene rings is 2. The molecule has 0 spiro atoms. The minimum absolute atomic E-state index is 0.00450. The van der Waals surface area contributed by atoms with Gasteiger partial charge >= 0.3 is 0 Å². The van der Waals surface area contributed by atoms with Crippen molar-refractivity contribution in [3.63, 3.8) is 0 Å². The molecular weight excluding hydrogens is 364 g/mol. The number of anilines is 1. The number of phenolic OH excluding ortho intramolecular Hbond substituents is 1. The minimum Gasteiger partial charge on any atom is -0.506 e. The lowest BCUT2D eigenvalue weighted by Gasteiger charge is -2.17. The van der Waals surface area contributed by atoms with Crippen LogP contribution in [0.25, 0.3) is 0 Å². The van der Waals surface area contributed by atoms with Crippen molar-refractivity contribution >= 4 is 21.6 Å². The Morgan fingerprint density at radius 2 is 1.81 bits per heavy atom.